The van der Waals surface area contributed by atoms with Crippen molar-refractivity contribution in [2.24, 2.45) is 11.7 Å². The number of aliphatic hydroxyl groups is 1. The van der Waals surface area contributed by atoms with Gasteiger partial charge in [0, 0.05) is 17.0 Å². The van der Waals surface area contributed by atoms with Gasteiger partial charge in [0.25, 0.3) is 11.5 Å². The summed E-state index contributed by atoms with van der Waals surface area (Å²) in [6.07, 6.45) is -3.09. The number of anilines is 1. The van der Waals surface area contributed by atoms with E-state index in [0.717, 1.165) is 12.1 Å². The summed E-state index contributed by atoms with van der Waals surface area (Å²) in [7, 11) is 0. The maximum atomic E-state index is 13.5. The molecule has 0 aliphatic heterocycles. The van der Waals surface area contributed by atoms with Crippen LogP contribution in [0.15, 0.2) is 24.4 Å². The van der Waals surface area contributed by atoms with Crippen molar-refractivity contribution in [1.82, 2.24) is 9.97 Å². The van der Waals surface area contributed by atoms with Gasteiger partial charge < -0.3 is 21.3 Å². The Balaban J connectivity index is 1.98. The third-order valence-corrected chi connectivity index (χ3v) is 5.67. The summed E-state index contributed by atoms with van der Waals surface area (Å²) in [5.74, 6) is -2.51. The first-order chi connectivity index (χ1) is 14.9. The summed E-state index contributed by atoms with van der Waals surface area (Å²) in [5.41, 5.74) is 7.64. The molecule has 0 saturated heterocycles. The number of ether oxygens (including phenoxy) is 1. The van der Waals surface area contributed by atoms with Gasteiger partial charge in [0.1, 0.15) is 5.82 Å². The van der Waals surface area contributed by atoms with Crippen LogP contribution in [0.1, 0.15) is 42.5 Å². The molecule has 1 unspecified atom stereocenters. The van der Waals surface area contributed by atoms with Gasteiger partial charge in [-0.15, -0.1) is 0 Å². The third kappa shape index (κ3) is 3.99. The van der Waals surface area contributed by atoms with E-state index in [1.165, 1.54) is 12.3 Å². The molecule has 1 fully saturated rings. The standard InChI is InChI=1S/C21H23F3N4O4/c1-3-32-18(29)12-6-11(7-12)16-17(25)27-9-15(28-16)14-8-13(5-4-10(14)2)20(31,19(26)30)21(22,23)24/h4-5,8-9,11-12,31H,3,6-7H2,1-2H3,(H2,25,27)(H2,26,30). The quantitative estimate of drug-likeness (QED) is 0.571. The number of aryl methyl sites for hydroxylation is 1. The number of amides is 1. The number of aromatic nitrogens is 2. The molecule has 172 valence electrons. The molecule has 1 atom stereocenters. The van der Waals surface area contributed by atoms with E-state index in [1.54, 1.807) is 13.8 Å². The summed E-state index contributed by atoms with van der Waals surface area (Å²) in [5, 5.41) is 10.1. The number of carbonyl (C=O) groups excluding carboxylic acids is 2. The van der Waals surface area contributed by atoms with Gasteiger partial charge in [-0.1, -0.05) is 12.1 Å². The molecule has 1 heterocycles. The average molecular weight is 452 g/mol. The number of halogens is 3. The van der Waals surface area contributed by atoms with Crippen LogP contribution in [0.25, 0.3) is 11.3 Å². The van der Waals surface area contributed by atoms with Crippen LogP contribution in [0.4, 0.5) is 19.0 Å². The maximum absolute atomic E-state index is 13.5. The van der Waals surface area contributed by atoms with Crippen molar-refractivity contribution >= 4 is 17.7 Å². The lowest BCUT2D eigenvalue weighted by molar-refractivity contribution is -0.255. The number of nitrogens with zero attached hydrogens (tertiary/aromatic N) is 2. The molecule has 1 amide bonds. The van der Waals surface area contributed by atoms with Crippen molar-refractivity contribution in [2.75, 3.05) is 12.3 Å². The van der Waals surface area contributed by atoms with E-state index in [1.807, 2.05) is 0 Å². The van der Waals surface area contributed by atoms with E-state index in [-0.39, 0.29) is 41.5 Å². The van der Waals surface area contributed by atoms with Crippen LogP contribution < -0.4 is 11.5 Å². The number of nitrogen functional groups attached to an aromatic ring is 1. The fourth-order valence-electron chi connectivity index (χ4n) is 3.71. The van der Waals surface area contributed by atoms with Gasteiger partial charge >= 0.3 is 12.1 Å². The summed E-state index contributed by atoms with van der Waals surface area (Å²) >= 11 is 0. The smallest absolute Gasteiger partial charge is 0.430 e. The highest BCUT2D eigenvalue weighted by molar-refractivity contribution is 5.86. The first-order valence-corrected chi connectivity index (χ1v) is 9.89. The second-order valence-electron chi connectivity index (χ2n) is 7.75. The lowest BCUT2D eigenvalue weighted by atomic mass is 9.73. The van der Waals surface area contributed by atoms with Crippen molar-refractivity contribution < 1.29 is 32.6 Å². The summed E-state index contributed by atoms with van der Waals surface area (Å²) < 4.78 is 45.4. The molecule has 8 nitrogen and oxygen atoms in total. The van der Waals surface area contributed by atoms with Gasteiger partial charge in [0.15, 0.2) is 0 Å². The number of primary amides is 1. The number of esters is 1. The number of hydrogen-bond acceptors (Lipinski definition) is 7. The minimum absolute atomic E-state index is 0.152. The molecule has 1 aromatic carbocycles. The molecular weight excluding hydrogens is 429 g/mol. The van der Waals surface area contributed by atoms with Gasteiger partial charge in [-0.2, -0.15) is 13.2 Å². The summed E-state index contributed by atoms with van der Waals surface area (Å²) in [4.78, 5) is 32.0. The molecule has 0 spiro atoms. The van der Waals surface area contributed by atoms with Crippen LogP contribution in [-0.2, 0) is 19.9 Å². The second-order valence-corrected chi connectivity index (χ2v) is 7.75. The van der Waals surface area contributed by atoms with E-state index in [0.29, 0.717) is 24.1 Å². The molecular formula is C21H23F3N4O4. The Hall–Kier alpha value is -3.21. The highest BCUT2D eigenvalue weighted by Gasteiger charge is 2.60. The van der Waals surface area contributed by atoms with Crippen molar-refractivity contribution in [3.05, 3.63) is 41.2 Å². The second kappa shape index (κ2) is 8.38. The van der Waals surface area contributed by atoms with Crippen LogP contribution in [0.2, 0.25) is 0 Å². The number of carbonyl (C=O) groups is 2. The zero-order valence-electron chi connectivity index (χ0n) is 17.4. The van der Waals surface area contributed by atoms with Gasteiger partial charge in [-0.3, -0.25) is 9.59 Å². The fourth-order valence-corrected chi connectivity index (χ4v) is 3.71. The molecule has 1 aliphatic carbocycles. The molecule has 1 aromatic heterocycles. The van der Waals surface area contributed by atoms with E-state index in [2.05, 4.69) is 9.97 Å². The van der Waals surface area contributed by atoms with Crippen molar-refractivity contribution in [3.63, 3.8) is 0 Å². The molecule has 32 heavy (non-hydrogen) atoms. The largest absolute Gasteiger partial charge is 0.466 e. The molecule has 5 N–H and O–H groups in total. The molecule has 0 bridgehead atoms. The van der Waals surface area contributed by atoms with Crippen LogP contribution >= 0.6 is 0 Å². The average Bonchev–Trinajstić information content (AvgIpc) is 2.67. The predicted molar refractivity (Wildman–Crippen MR) is 108 cm³/mol. The first kappa shape index (κ1) is 23.5. The Morgan fingerprint density at radius 3 is 2.50 bits per heavy atom. The van der Waals surface area contributed by atoms with Crippen LogP contribution in [0, 0.1) is 12.8 Å². The Morgan fingerprint density at radius 2 is 1.94 bits per heavy atom. The van der Waals surface area contributed by atoms with Gasteiger partial charge in [-0.25, -0.2) is 9.97 Å². The normalized spacial score (nSPS) is 20.2. The number of alkyl halides is 3. The Labute approximate surface area is 181 Å². The number of benzene rings is 1. The third-order valence-electron chi connectivity index (χ3n) is 5.67. The van der Waals surface area contributed by atoms with Crippen molar-refractivity contribution in [1.29, 1.82) is 0 Å². The van der Waals surface area contributed by atoms with Gasteiger partial charge in [0.2, 0.25) is 0 Å². The lowest BCUT2D eigenvalue weighted by Gasteiger charge is -2.33. The maximum Gasteiger partial charge on any atom is 0.430 e. The number of nitrogens with two attached hydrogens (primary N) is 2. The fraction of sp³-hybridized carbons (Fsp3) is 0.429. The SMILES string of the molecule is CCOC(=O)C1CC(c2nc(-c3cc(C(O)(C(N)=O)C(F)(F)F)ccc3C)cnc2N)C1. The molecule has 3 rings (SSSR count). The highest BCUT2D eigenvalue weighted by atomic mass is 19.4. The van der Waals surface area contributed by atoms with E-state index in [4.69, 9.17) is 16.2 Å². The number of hydrogen-bond donors (Lipinski definition) is 3. The minimum Gasteiger partial charge on any atom is -0.466 e. The van der Waals surface area contributed by atoms with Crippen LogP contribution in [-0.4, -0.2) is 39.7 Å². The molecule has 1 aliphatic rings. The lowest BCUT2D eigenvalue weighted by Crippen LogP contribution is -2.52. The Kier molecular flexibility index (Phi) is 6.14. The molecule has 2 aromatic rings. The molecule has 0 radical (unpaired) electrons. The van der Waals surface area contributed by atoms with Crippen LogP contribution in [0.3, 0.4) is 0 Å². The highest BCUT2D eigenvalue weighted by Crippen LogP contribution is 2.44. The molecule has 11 heteroatoms. The van der Waals surface area contributed by atoms with Gasteiger partial charge in [0.05, 0.1) is 30.1 Å². The minimum atomic E-state index is -5.32. The van der Waals surface area contributed by atoms with Crippen LogP contribution in [0.5, 0.6) is 0 Å². The predicted octanol–water partition coefficient (Wildman–Crippen LogP) is 2.33. The first-order valence-electron chi connectivity index (χ1n) is 9.89. The van der Waals surface area contributed by atoms with E-state index < -0.39 is 23.2 Å². The number of rotatable bonds is 6. The van der Waals surface area contributed by atoms with E-state index >= 15 is 0 Å². The summed E-state index contributed by atoms with van der Waals surface area (Å²) in [6.45, 7) is 3.63. The zero-order valence-corrected chi connectivity index (χ0v) is 17.4. The van der Waals surface area contributed by atoms with E-state index in [9.17, 15) is 27.9 Å². The summed E-state index contributed by atoms with van der Waals surface area (Å²) in [6, 6.07) is 3.32. The van der Waals surface area contributed by atoms with Crippen molar-refractivity contribution in [2.45, 2.75) is 44.4 Å². The monoisotopic (exact) mass is 452 g/mol. The van der Waals surface area contributed by atoms with Crippen molar-refractivity contribution in [3.8, 4) is 11.3 Å². The Morgan fingerprint density at radius 1 is 1.28 bits per heavy atom. The zero-order chi connectivity index (χ0) is 23.8. The Bertz CT molecular complexity index is 1050. The van der Waals surface area contributed by atoms with Gasteiger partial charge in [-0.05, 0) is 38.3 Å². The molecule has 1 saturated carbocycles. The topological polar surface area (TPSA) is 141 Å².